The first-order valence-electron chi connectivity index (χ1n) is 7.73. The van der Waals surface area contributed by atoms with Gasteiger partial charge in [0.1, 0.15) is 0 Å². The molecule has 1 heterocycles. The number of nitrogens with zero attached hydrogens (tertiary/aromatic N) is 1. The summed E-state index contributed by atoms with van der Waals surface area (Å²) in [5, 5.41) is 3.50. The van der Waals surface area contributed by atoms with Crippen molar-refractivity contribution < 1.29 is 0 Å². The van der Waals surface area contributed by atoms with E-state index >= 15 is 0 Å². The molecule has 1 aliphatic carbocycles. The lowest BCUT2D eigenvalue weighted by Crippen LogP contribution is -2.50. The molecule has 19 heavy (non-hydrogen) atoms. The Balaban J connectivity index is 1.75. The minimum absolute atomic E-state index is 0.352. The zero-order valence-corrected chi connectivity index (χ0v) is 12.3. The maximum atomic E-state index is 3.50. The topological polar surface area (TPSA) is 15.3 Å². The third kappa shape index (κ3) is 2.56. The van der Waals surface area contributed by atoms with Gasteiger partial charge in [-0.3, -0.25) is 4.90 Å². The molecule has 1 atom stereocenters. The number of hydrogen-bond donors (Lipinski definition) is 1. The molecular formula is C17H26N2. The molecule has 1 aromatic carbocycles. The van der Waals surface area contributed by atoms with Gasteiger partial charge >= 0.3 is 0 Å². The average molecular weight is 258 g/mol. The maximum Gasteiger partial charge on any atom is 0.0350 e. The lowest BCUT2D eigenvalue weighted by molar-refractivity contribution is 0.101. The Morgan fingerprint density at radius 3 is 2.68 bits per heavy atom. The minimum atomic E-state index is 0.352. The fraction of sp³-hybridized carbons (Fsp3) is 0.647. The van der Waals surface area contributed by atoms with Gasteiger partial charge in [-0.25, -0.2) is 0 Å². The Bertz CT molecular complexity index is 433. The van der Waals surface area contributed by atoms with E-state index in [1.807, 2.05) is 0 Å². The molecule has 1 aliphatic heterocycles. The van der Waals surface area contributed by atoms with Crippen molar-refractivity contribution in [3.63, 3.8) is 0 Å². The van der Waals surface area contributed by atoms with Gasteiger partial charge in [-0.1, -0.05) is 24.3 Å². The Morgan fingerprint density at radius 1 is 1.21 bits per heavy atom. The molecule has 1 unspecified atom stereocenters. The predicted molar refractivity (Wildman–Crippen MR) is 80.4 cm³/mol. The highest BCUT2D eigenvalue weighted by atomic mass is 15.2. The SMILES string of the molecule is CNC1(C)CCN(C2CCCc3ccccc32)CC1. The van der Waals surface area contributed by atoms with Gasteiger partial charge in [0.05, 0.1) is 0 Å². The summed E-state index contributed by atoms with van der Waals surface area (Å²) in [5.41, 5.74) is 3.53. The van der Waals surface area contributed by atoms with E-state index in [1.54, 1.807) is 11.1 Å². The fourth-order valence-electron chi connectivity index (χ4n) is 3.69. The number of fused-ring (bicyclic) bond motifs is 1. The zero-order valence-electron chi connectivity index (χ0n) is 12.3. The summed E-state index contributed by atoms with van der Waals surface area (Å²) in [6.07, 6.45) is 6.49. The van der Waals surface area contributed by atoms with E-state index in [0.717, 1.165) is 0 Å². The highest BCUT2D eigenvalue weighted by molar-refractivity contribution is 5.32. The van der Waals surface area contributed by atoms with Crippen molar-refractivity contribution in [1.82, 2.24) is 10.2 Å². The first kappa shape index (κ1) is 13.1. The van der Waals surface area contributed by atoms with Crippen LogP contribution in [0.15, 0.2) is 24.3 Å². The largest absolute Gasteiger partial charge is 0.314 e. The van der Waals surface area contributed by atoms with Crippen LogP contribution in [0.3, 0.4) is 0 Å². The molecule has 1 fully saturated rings. The summed E-state index contributed by atoms with van der Waals surface area (Å²) in [7, 11) is 2.10. The molecule has 1 N–H and O–H groups in total. The van der Waals surface area contributed by atoms with Crippen LogP contribution in [-0.2, 0) is 6.42 Å². The monoisotopic (exact) mass is 258 g/mol. The molecule has 2 nitrogen and oxygen atoms in total. The smallest absolute Gasteiger partial charge is 0.0350 e. The zero-order chi connectivity index (χ0) is 13.3. The Morgan fingerprint density at radius 2 is 1.95 bits per heavy atom. The second-order valence-electron chi connectivity index (χ2n) is 6.45. The van der Waals surface area contributed by atoms with Crippen LogP contribution in [0.1, 0.15) is 49.8 Å². The molecule has 0 saturated carbocycles. The summed E-state index contributed by atoms with van der Waals surface area (Å²) in [4.78, 5) is 2.72. The molecule has 0 spiro atoms. The molecule has 104 valence electrons. The highest BCUT2D eigenvalue weighted by Crippen LogP contribution is 2.36. The van der Waals surface area contributed by atoms with Crippen LogP contribution in [0.4, 0.5) is 0 Å². The van der Waals surface area contributed by atoms with Gasteiger partial charge in [-0.2, -0.15) is 0 Å². The van der Waals surface area contributed by atoms with Gasteiger partial charge in [0.25, 0.3) is 0 Å². The van der Waals surface area contributed by atoms with Crippen LogP contribution in [0, 0.1) is 0 Å². The number of hydrogen-bond acceptors (Lipinski definition) is 2. The van der Waals surface area contributed by atoms with Crippen molar-refractivity contribution in [3.05, 3.63) is 35.4 Å². The van der Waals surface area contributed by atoms with Gasteiger partial charge in [0.15, 0.2) is 0 Å². The Hall–Kier alpha value is -0.860. The van der Waals surface area contributed by atoms with Gasteiger partial charge in [0.2, 0.25) is 0 Å². The van der Waals surface area contributed by atoms with Gasteiger partial charge < -0.3 is 5.32 Å². The van der Waals surface area contributed by atoms with E-state index in [9.17, 15) is 0 Å². The first-order valence-corrected chi connectivity index (χ1v) is 7.73. The van der Waals surface area contributed by atoms with E-state index in [-0.39, 0.29) is 0 Å². The summed E-state index contributed by atoms with van der Waals surface area (Å²) in [6, 6.07) is 9.74. The van der Waals surface area contributed by atoms with Crippen LogP contribution in [0.5, 0.6) is 0 Å². The van der Waals surface area contributed by atoms with E-state index < -0.39 is 0 Å². The summed E-state index contributed by atoms with van der Waals surface area (Å²) in [6.45, 7) is 4.83. The minimum Gasteiger partial charge on any atom is -0.314 e. The predicted octanol–water partition coefficient (Wildman–Crippen LogP) is 3.14. The van der Waals surface area contributed by atoms with Crippen molar-refractivity contribution in [1.29, 1.82) is 0 Å². The average Bonchev–Trinajstić information content (AvgIpc) is 2.48. The van der Waals surface area contributed by atoms with Gasteiger partial charge in [0, 0.05) is 24.7 Å². The molecule has 3 rings (SSSR count). The van der Waals surface area contributed by atoms with Crippen LogP contribution in [0.2, 0.25) is 0 Å². The normalized spacial score (nSPS) is 26.9. The van der Waals surface area contributed by atoms with Crippen molar-refractivity contribution in [2.45, 2.75) is 50.6 Å². The molecule has 2 aliphatic rings. The lowest BCUT2D eigenvalue weighted by atomic mass is 9.83. The summed E-state index contributed by atoms with van der Waals surface area (Å²) >= 11 is 0. The number of benzene rings is 1. The van der Waals surface area contributed by atoms with E-state index in [2.05, 4.69) is 48.5 Å². The molecule has 0 aromatic heterocycles. The van der Waals surface area contributed by atoms with Crippen LogP contribution in [0.25, 0.3) is 0 Å². The van der Waals surface area contributed by atoms with E-state index in [1.165, 1.54) is 45.2 Å². The number of piperidine rings is 1. The molecular weight excluding hydrogens is 232 g/mol. The van der Waals surface area contributed by atoms with Crippen molar-refractivity contribution in [3.8, 4) is 0 Å². The second-order valence-corrected chi connectivity index (χ2v) is 6.45. The molecule has 0 bridgehead atoms. The summed E-state index contributed by atoms with van der Waals surface area (Å²) < 4.78 is 0. The van der Waals surface area contributed by atoms with E-state index in [4.69, 9.17) is 0 Å². The summed E-state index contributed by atoms with van der Waals surface area (Å²) in [5.74, 6) is 0. The standard InChI is InChI=1S/C17H26N2/c1-17(18-2)10-12-19(13-11-17)16-9-5-7-14-6-3-4-8-15(14)16/h3-4,6,8,16,18H,5,7,9-13H2,1-2H3. The number of nitrogens with one attached hydrogen (secondary N) is 1. The lowest BCUT2D eigenvalue weighted by Gasteiger charge is -2.44. The molecule has 0 amide bonds. The first-order chi connectivity index (χ1) is 9.22. The number of likely N-dealkylation sites (tertiary alicyclic amines) is 1. The van der Waals surface area contributed by atoms with Crippen LogP contribution in [-0.4, -0.2) is 30.6 Å². The van der Waals surface area contributed by atoms with Gasteiger partial charge in [-0.05, 0) is 57.2 Å². The fourth-order valence-corrected chi connectivity index (χ4v) is 3.69. The Labute approximate surface area is 117 Å². The van der Waals surface area contributed by atoms with Crippen molar-refractivity contribution in [2.24, 2.45) is 0 Å². The van der Waals surface area contributed by atoms with Gasteiger partial charge in [-0.15, -0.1) is 0 Å². The van der Waals surface area contributed by atoms with Crippen LogP contribution < -0.4 is 5.32 Å². The maximum absolute atomic E-state index is 3.50. The third-order valence-electron chi connectivity index (χ3n) is 5.28. The molecule has 1 saturated heterocycles. The van der Waals surface area contributed by atoms with Crippen LogP contribution >= 0.6 is 0 Å². The van der Waals surface area contributed by atoms with E-state index in [0.29, 0.717) is 11.6 Å². The Kier molecular flexibility index (Phi) is 3.64. The van der Waals surface area contributed by atoms with Crippen molar-refractivity contribution >= 4 is 0 Å². The number of aryl methyl sites for hydroxylation is 1. The quantitative estimate of drug-likeness (QED) is 0.876. The second kappa shape index (κ2) is 5.26. The third-order valence-corrected chi connectivity index (χ3v) is 5.28. The molecule has 1 aromatic rings. The number of rotatable bonds is 2. The molecule has 2 heteroatoms. The highest BCUT2D eigenvalue weighted by Gasteiger charge is 2.33. The molecule has 0 radical (unpaired) electrons. The van der Waals surface area contributed by atoms with Crippen molar-refractivity contribution in [2.75, 3.05) is 20.1 Å².